The van der Waals surface area contributed by atoms with Crippen molar-refractivity contribution >= 4 is 10.0 Å². The van der Waals surface area contributed by atoms with Crippen LogP contribution >= 0.6 is 0 Å². The maximum atomic E-state index is 11.0. The lowest BCUT2D eigenvalue weighted by Crippen LogP contribution is -2.27. The van der Waals surface area contributed by atoms with Crippen molar-refractivity contribution in [3.8, 4) is 0 Å². The lowest BCUT2D eigenvalue weighted by Gasteiger charge is -2.19. The van der Waals surface area contributed by atoms with Crippen LogP contribution in [0.5, 0.6) is 0 Å². The SMILES string of the molecule is CCC(COC1CCCCCC1)CS(N)(=O)=O. The van der Waals surface area contributed by atoms with Crippen molar-refractivity contribution in [3.63, 3.8) is 0 Å². The number of sulfonamides is 1. The lowest BCUT2D eigenvalue weighted by atomic mass is 10.1. The molecule has 1 fully saturated rings. The highest BCUT2D eigenvalue weighted by Gasteiger charge is 2.18. The second-order valence-corrected chi connectivity index (χ2v) is 6.71. The van der Waals surface area contributed by atoms with Crippen LogP contribution < -0.4 is 5.14 Å². The summed E-state index contributed by atoms with van der Waals surface area (Å²) in [7, 11) is -3.38. The fraction of sp³-hybridized carbons (Fsp3) is 1.00. The van der Waals surface area contributed by atoms with E-state index in [1.807, 2.05) is 6.92 Å². The highest BCUT2D eigenvalue weighted by atomic mass is 32.2. The molecule has 0 aromatic heterocycles. The van der Waals surface area contributed by atoms with E-state index in [0.717, 1.165) is 19.3 Å². The zero-order chi connectivity index (χ0) is 12.7. The Morgan fingerprint density at radius 2 is 1.82 bits per heavy atom. The first-order valence-corrected chi connectivity index (χ1v) is 8.35. The zero-order valence-electron chi connectivity index (χ0n) is 10.7. The average Bonchev–Trinajstić information content (AvgIpc) is 2.51. The van der Waals surface area contributed by atoms with Crippen molar-refractivity contribution in [1.82, 2.24) is 0 Å². The molecule has 0 aromatic rings. The van der Waals surface area contributed by atoms with Gasteiger partial charge < -0.3 is 4.74 Å². The number of hydrogen-bond donors (Lipinski definition) is 1. The molecule has 17 heavy (non-hydrogen) atoms. The Morgan fingerprint density at radius 3 is 2.29 bits per heavy atom. The molecule has 0 radical (unpaired) electrons. The van der Waals surface area contributed by atoms with E-state index in [-0.39, 0.29) is 11.7 Å². The average molecular weight is 263 g/mol. The third-order valence-corrected chi connectivity index (χ3v) is 4.35. The molecule has 0 saturated heterocycles. The number of primary sulfonamides is 1. The van der Waals surface area contributed by atoms with Crippen molar-refractivity contribution in [1.29, 1.82) is 0 Å². The van der Waals surface area contributed by atoms with Crippen LogP contribution in [0, 0.1) is 5.92 Å². The van der Waals surface area contributed by atoms with Crippen LogP contribution in [0.2, 0.25) is 0 Å². The van der Waals surface area contributed by atoms with E-state index in [4.69, 9.17) is 9.88 Å². The van der Waals surface area contributed by atoms with Gasteiger partial charge in [0.1, 0.15) is 0 Å². The van der Waals surface area contributed by atoms with Gasteiger partial charge in [-0.3, -0.25) is 0 Å². The van der Waals surface area contributed by atoms with E-state index in [2.05, 4.69) is 0 Å². The van der Waals surface area contributed by atoms with Gasteiger partial charge in [-0.25, -0.2) is 13.6 Å². The Labute approximate surface area is 105 Å². The van der Waals surface area contributed by atoms with Crippen LogP contribution in [0.3, 0.4) is 0 Å². The normalized spacial score (nSPS) is 21.1. The van der Waals surface area contributed by atoms with Gasteiger partial charge >= 0.3 is 0 Å². The maximum absolute atomic E-state index is 11.0. The number of nitrogens with two attached hydrogens (primary N) is 1. The molecule has 1 rings (SSSR count). The van der Waals surface area contributed by atoms with Gasteiger partial charge in [0, 0.05) is 0 Å². The smallest absolute Gasteiger partial charge is 0.209 e. The molecule has 0 amide bonds. The number of hydrogen-bond acceptors (Lipinski definition) is 3. The summed E-state index contributed by atoms with van der Waals surface area (Å²) in [4.78, 5) is 0. The van der Waals surface area contributed by atoms with Gasteiger partial charge in [0.2, 0.25) is 10.0 Å². The maximum Gasteiger partial charge on any atom is 0.209 e. The molecule has 0 aromatic carbocycles. The minimum atomic E-state index is -3.38. The highest BCUT2D eigenvalue weighted by Crippen LogP contribution is 2.20. The molecular formula is C12H25NO3S. The summed E-state index contributed by atoms with van der Waals surface area (Å²) < 4.78 is 27.9. The van der Waals surface area contributed by atoms with Gasteiger partial charge in [0.25, 0.3) is 0 Å². The molecular weight excluding hydrogens is 238 g/mol. The van der Waals surface area contributed by atoms with Gasteiger partial charge in [0.05, 0.1) is 18.5 Å². The van der Waals surface area contributed by atoms with Gasteiger partial charge in [-0.2, -0.15) is 0 Å². The molecule has 1 unspecified atom stereocenters. The van der Waals surface area contributed by atoms with Gasteiger partial charge in [-0.1, -0.05) is 39.0 Å². The predicted molar refractivity (Wildman–Crippen MR) is 69.2 cm³/mol. The Hall–Kier alpha value is -0.130. The number of ether oxygens (including phenoxy) is 1. The number of rotatable bonds is 6. The summed E-state index contributed by atoms with van der Waals surface area (Å²) in [5, 5.41) is 5.06. The molecule has 0 aliphatic heterocycles. The Morgan fingerprint density at radius 1 is 1.24 bits per heavy atom. The summed E-state index contributed by atoms with van der Waals surface area (Å²) in [5.74, 6) is 0.0733. The first kappa shape index (κ1) is 14.9. The van der Waals surface area contributed by atoms with Crippen LogP contribution in [0.15, 0.2) is 0 Å². The molecule has 102 valence electrons. The molecule has 1 aliphatic rings. The Kier molecular flexibility index (Phi) is 6.44. The molecule has 1 atom stereocenters. The third kappa shape index (κ3) is 7.01. The fourth-order valence-corrected chi connectivity index (χ4v) is 3.28. The Bertz CT molecular complexity index is 295. The minimum Gasteiger partial charge on any atom is -0.378 e. The topological polar surface area (TPSA) is 69.4 Å². The Balaban J connectivity index is 2.31. The second-order valence-electron chi connectivity index (χ2n) is 5.05. The lowest BCUT2D eigenvalue weighted by molar-refractivity contribution is 0.0237. The summed E-state index contributed by atoms with van der Waals surface area (Å²) in [6.45, 7) is 2.50. The predicted octanol–water partition coefficient (Wildman–Crippen LogP) is 2.04. The van der Waals surface area contributed by atoms with E-state index in [1.54, 1.807) is 0 Å². The molecule has 0 spiro atoms. The van der Waals surface area contributed by atoms with E-state index in [0.29, 0.717) is 12.7 Å². The van der Waals surface area contributed by atoms with E-state index in [1.165, 1.54) is 25.7 Å². The van der Waals surface area contributed by atoms with Crippen molar-refractivity contribution in [3.05, 3.63) is 0 Å². The van der Waals surface area contributed by atoms with Crippen LogP contribution in [0.4, 0.5) is 0 Å². The van der Waals surface area contributed by atoms with E-state index < -0.39 is 10.0 Å². The van der Waals surface area contributed by atoms with Crippen LogP contribution in [-0.4, -0.2) is 26.9 Å². The van der Waals surface area contributed by atoms with Crippen molar-refractivity contribution in [2.24, 2.45) is 11.1 Å². The van der Waals surface area contributed by atoms with Crippen molar-refractivity contribution < 1.29 is 13.2 Å². The van der Waals surface area contributed by atoms with E-state index in [9.17, 15) is 8.42 Å². The summed E-state index contributed by atoms with van der Waals surface area (Å²) >= 11 is 0. The standard InChI is InChI=1S/C12H25NO3S/c1-2-11(10-17(13,14)15)9-16-12-7-5-3-4-6-8-12/h11-12H,2-10H2,1H3,(H2,13,14,15). The molecule has 5 heteroatoms. The zero-order valence-corrected chi connectivity index (χ0v) is 11.5. The van der Waals surface area contributed by atoms with E-state index >= 15 is 0 Å². The molecule has 0 heterocycles. The quantitative estimate of drug-likeness (QED) is 0.746. The van der Waals surface area contributed by atoms with Crippen LogP contribution in [-0.2, 0) is 14.8 Å². The van der Waals surface area contributed by atoms with Crippen molar-refractivity contribution in [2.45, 2.75) is 58.0 Å². The summed E-state index contributed by atoms with van der Waals surface area (Å²) in [5.41, 5.74) is 0. The molecule has 1 saturated carbocycles. The summed E-state index contributed by atoms with van der Waals surface area (Å²) in [6.07, 6.45) is 8.42. The van der Waals surface area contributed by atoms with Crippen LogP contribution in [0.25, 0.3) is 0 Å². The molecule has 0 bridgehead atoms. The highest BCUT2D eigenvalue weighted by molar-refractivity contribution is 7.89. The van der Waals surface area contributed by atoms with Gasteiger partial charge in [0.15, 0.2) is 0 Å². The molecule has 2 N–H and O–H groups in total. The molecule has 1 aliphatic carbocycles. The fourth-order valence-electron chi connectivity index (χ4n) is 2.29. The second kappa shape index (κ2) is 7.34. The van der Waals surface area contributed by atoms with Crippen molar-refractivity contribution in [2.75, 3.05) is 12.4 Å². The van der Waals surface area contributed by atoms with Crippen LogP contribution in [0.1, 0.15) is 51.9 Å². The molecule has 4 nitrogen and oxygen atoms in total. The largest absolute Gasteiger partial charge is 0.378 e. The monoisotopic (exact) mass is 263 g/mol. The first-order chi connectivity index (χ1) is 8.01. The van der Waals surface area contributed by atoms with Gasteiger partial charge in [-0.05, 0) is 18.8 Å². The van der Waals surface area contributed by atoms with Gasteiger partial charge in [-0.15, -0.1) is 0 Å². The minimum absolute atomic E-state index is 0.0354. The first-order valence-electron chi connectivity index (χ1n) is 6.63. The third-order valence-electron chi connectivity index (χ3n) is 3.42. The summed E-state index contributed by atoms with van der Waals surface area (Å²) in [6, 6.07) is 0.